The van der Waals surface area contributed by atoms with Gasteiger partial charge in [0.1, 0.15) is 5.75 Å². The van der Waals surface area contributed by atoms with Crippen LogP contribution >= 0.6 is 0 Å². The highest BCUT2D eigenvalue weighted by atomic mass is 16.6. The summed E-state index contributed by atoms with van der Waals surface area (Å²) in [5.74, 6) is -6.49. The van der Waals surface area contributed by atoms with E-state index in [2.05, 4.69) is 9.47 Å². The average molecular weight is 368 g/mol. The van der Waals surface area contributed by atoms with Crippen LogP contribution in [0.3, 0.4) is 0 Å². The summed E-state index contributed by atoms with van der Waals surface area (Å²) in [4.78, 5) is 45.6. The standard InChI is InChI=1S/C16H16O10/c1-25-15(23)16(24,8-11(18)19)13(14(21)22)26-12(20)7-4-9-2-5-10(17)6-3-9/h2-7,13,17,24H,8H2,1H3,(H,18,19)(H,21,22)/t13-,16+/m1/s1. The number of aromatic hydroxyl groups is 1. The van der Waals surface area contributed by atoms with Crippen molar-refractivity contribution >= 4 is 30.0 Å². The second-order valence-electron chi connectivity index (χ2n) is 5.07. The Kier molecular flexibility index (Phi) is 6.85. The fraction of sp³-hybridized carbons (Fsp3) is 0.250. The summed E-state index contributed by atoms with van der Waals surface area (Å²) in [6.07, 6.45) is -1.84. The molecule has 0 spiro atoms. The predicted molar refractivity (Wildman–Crippen MR) is 83.9 cm³/mol. The number of ether oxygens (including phenoxy) is 2. The summed E-state index contributed by atoms with van der Waals surface area (Å²) in [6.45, 7) is 0. The van der Waals surface area contributed by atoms with Crippen LogP contribution in [0.25, 0.3) is 6.08 Å². The molecule has 0 unspecified atom stereocenters. The number of carboxylic acids is 2. The molecule has 0 aliphatic rings. The first kappa shape index (κ1) is 20.6. The van der Waals surface area contributed by atoms with E-state index in [1.165, 1.54) is 30.3 Å². The van der Waals surface area contributed by atoms with Crippen LogP contribution in [-0.2, 0) is 28.7 Å². The lowest BCUT2D eigenvalue weighted by Crippen LogP contribution is -2.56. The third kappa shape index (κ3) is 5.31. The number of aliphatic hydroxyl groups is 1. The molecule has 10 nitrogen and oxygen atoms in total. The SMILES string of the molecule is COC(=O)[C@](O)(CC(=O)O)[C@H](OC(=O)C=Cc1ccc(O)cc1)C(=O)O. The summed E-state index contributed by atoms with van der Waals surface area (Å²) in [5, 5.41) is 37.3. The lowest BCUT2D eigenvalue weighted by Gasteiger charge is -2.28. The Morgan fingerprint density at radius 1 is 1.15 bits per heavy atom. The van der Waals surface area contributed by atoms with Crippen LogP contribution in [0.2, 0.25) is 0 Å². The molecule has 0 saturated carbocycles. The zero-order valence-electron chi connectivity index (χ0n) is 13.5. The van der Waals surface area contributed by atoms with Crippen molar-refractivity contribution in [1.29, 1.82) is 0 Å². The van der Waals surface area contributed by atoms with Gasteiger partial charge in [-0.3, -0.25) is 4.79 Å². The average Bonchev–Trinajstić information content (AvgIpc) is 2.57. The number of phenols is 1. The molecular formula is C16H16O10. The third-order valence-corrected chi connectivity index (χ3v) is 3.16. The number of carboxylic acid groups (broad SMARTS) is 2. The number of rotatable bonds is 8. The fourth-order valence-electron chi connectivity index (χ4n) is 1.94. The summed E-state index contributed by atoms with van der Waals surface area (Å²) in [7, 11) is 0.806. The van der Waals surface area contributed by atoms with Gasteiger partial charge in [-0.25, -0.2) is 14.4 Å². The Labute approximate surface area is 146 Å². The molecule has 0 radical (unpaired) electrons. The van der Waals surface area contributed by atoms with Crippen LogP contribution in [0.15, 0.2) is 30.3 Å². The maximum Gasteiger partial charge on any atom is 0.348 e. The normalized spacial score (nSPS) is 14.2. The van der Waals surface area contributed by atoms with Gasteiger partial charge in [-0.1, -0.05) is 12.1 Å². The highest BCUT2D eigenvalue weighted by molar-refractivity contribution is 5.95. The van der Waals surface area contributed by atoms with Crippen molar-refractivity contribution < 1.29 is 49.1 Å². The molecule has 4 N–H and O–H groups in total. The van der Waals surface area contributed by atoms with E-state index in [0.29, 0.717) is 5.56 Å². The lowest BCUT2D eigenvalue weighted by molar-refractivity contribution is -0.197. The maximum absolute atomic E-state index is 11.8. The molecule has 1 rings (SSSR count). The number of phenolic OH excluding ortho intramolecular Hbond substituents is 1. The van der Waals surface area contributed by atoms with E-state index in [-0.39, 0.29) is 5.75 Å². The quantitative estimate of drug-likeness (QED) is 0.355. The Bertz CT molecular complexity index is 721. The summed E-state index contributed by atoms with van der Waals surface area (Å²) in [6, 6.07) is 5.58. The first-order valence-electron chi connectivity index (χ1n) is 7.03. The predicted octanol–water partition coefficient (Wildman–Crippen LogP) is -0.219. The van der Waals surface area contributed by atoms with Crippen LogP contribution in [0, 0.1) is 0 Å². The molecule has 1 aromatic rings. The van der Waals surface area contributed by atoms with E-state index in [0.717, 1.165) is 13.2 Å². The number of benzene rings is 1. The molecule has 1 aromatic carbocycles. The number of esters is 2. The minimum absolute atomic E-state index is 0.00696. The minimum Gasteiger partial charge on any atom is -0.508 e. The van der Waals surface area contributed by atoms with E-state index >= 15 is 0 Å². The van der Waals surface area contributed by atoms with Crippen molar-refractivity contribution in [2.45, 2.75) is 18.1 Å². The Morgan fingerprint density at radius 3 is 2.19 bits per heavy atom. The number of hydrogen-bond acceptors (Lipinski definition) is 8. The molecule has 0 amide bonds. The minimum atomic E-state index is -3.12. The smallest absolute Gasteiger partial charge is 0.348 e. The second-order valence-corrected chi connectivity index (χ2v) is 5.07. The monoisotopic (exact) mass is 368 g/mol. The van der Waals surface area contributed by atoms with Gasteiger partial charge in [0.25, 0.3) is 0 Å². The molecule has 0 aromatic heterocycles. The van der Waals surface area contributed by atoms with Crippen LogP contribution in [0.1, 0.15) is 12.0 Å². The summed E-state index contributed by atoms with van der Waals surface area (Å²) in [5.41, 5.74) is -2.66. The van der Waals surface area contributed by atoms with E-state index < -0.39 is 42.0 Å². The molecule has 0 fully saturated rings. The molecule has 0 bridgehead atoms. The number of hydrogen-bond donors (Lipinski definition) is 4. The molecule has 140 valence electrons. The zero-order chi connectivity index (χ0) is 19.9. The molecule has 0 heterocycles. The van der Waals surface area contributed by atoms with E-state index in [4.69, 9.17) is 15.3 Å². The van der Waals surface area contributed by atoms with Gasteiger partial charge >= 0.3 is 23.9 Å². The van der Waals surface area contributed by atoms with E-state index in [9.17, 15) is 24.3 Å². The van der Waals surface area contributed by atoms with Crippen molar-refractivity contribution in [3.63, 3.8) is 0 Å². The zero-order valence-corrected chi connectivity index (χ0v) is 13.5. The maximum atomic E-state index is 11.8. The van der Waals surface area contributed by atoms with Gasteiger partial charge in [0.2, 0.25) is 11.7 Å². The van der Waals surface area contributed by atoms with Crippen molar-refractivity contribution in [2.75, 3.05) is 7.11 Å². The van der Waals surface area contributed by atoms with Crippen LogP contribution in [0.5, 0.6) is 5.75 Å². The third-order valence-electron chi connectivity index (χ3n) is 3.16. The van der Waals surface area contributed by atoms with Gasteiger partial charge in [0.15, 0.2) is 0 Å². The molecule has 0 aliphatic heterocycles. The van der Waals surface area contributed by atoms with E-state index in [1.54, 1.807) is 0 Å². The molecule has 0 aliphatic carbocycles. The molecule has 26 heavy (non-hydrogen) atoms. The topological polar surface area (TPSA) is 168 Å². The first-order valence-corrected chi connectivity index (χ1v) is 7.03. The van der Waals surface area contributed by atoms with E-state index in [1.807, 2.05) is 0 Å². The van der Waals surface area contributed by atoms with Crippen LogP contribution < -0.4 is 0 Å². The Balaban J connectivity index is 3.02. The lowest BCUT2D eigenvalue weighted by atomic mass is 9.92. The van der Waals surface area contributed by atoms with Gasteiger partial charge in [-0.2, -0.15) is 0 Å². The van der Waals surface area contributed by atoms with Gasteiger partial charge in [-0.15, -0.1) is 0 Å². The van der Waals surface area contributed by atoms with Crippen LogP contribution in [0.4, 0.5) is 0 Å². The van der Waals surface area contributed by atoms with Crippen molar-refractivity contribution in [3.8, 4) is 5.75 Å². The molecule has 0 saturated heterocycles. The van der Waals surface area contributed by atoms with Gasteiger partial charge < -0.3 is 29.9 Å². The first-order chi connectivity index (χ1) is 12.1. The fourth-order valence-corrected chi connectivity index (χ4v) is 1.94. The van der Waals surface area contributed by atoms with Crippen LogP contribution in [-0.4, -0.2) is 63.1 Å². The number of methoxy groups -OCH3 is 1. The van der Waals surface area contributed by atoms with Gasteiger partial charge in [0, 0.05) is 6.08 Å². The highest BCUT2D eigenvalue weighted by Gasteiger charge is 2.53. The van der Waals surface area contributed by atoms with Crippen molar-refractivity contribution in [2.24, 2.45) is 0 Å². The number of carbonyl (C=O) groups excluding carboxylic acids is 2. The van der Waals surface area contributed by atoms with Gasteiger partial charge in [-0.05, 0) is 23.8 Å². The molecular weight excluding hydrogens is 352 g/mol. The summed E-state index contributed by atoms with van der Waals surface area (Å²) >= 11 is 0. The number of carbonyl (C=O) groups is 4. The van der Waals surface area contributed by atoms with Crippen molar-refractivity contribution in [1.82, 2.24) is 0 Å². The highest BCUT2D eigenvalue weighted by Crippen LogP contribution is 2.22. The summed E-state index contributed by atoms with van der Waals surface area (Å²) < 4.78 is 8.78. The largest absolute Gasteiger partial charge is 0.508 e. The second kappa shape index (κ2) is 8.62. The molecule has 2 atom stereocenters. The Morgan fingerprint density at radius 2 is 1.73 bits per heavy atom. The molecule has 10 heteroatoms. The number of aliphatic carboxylic acids is 2. The van der Waals surface area contributed by atoms with Crippen molar-refractivity contribution in [3.05, 3.63) is 35.9 Å². The Hall–Kier alpha value is -3.40. The van der Waals surface area contributed by atoms with Gasteiger partial charge in [0.05, 0.1) is 13.5 Å².